The van der Waals surface area contributed by atoms with Crippen molar-refractivity contribution in [1.29, 1.82) is 0 Å². The van der Waals surface area contributed by atoms with Gasteiger partial charge in [0.15, 0.2) is 0 Å². The fourth-order valence-electron chi connectivity index (χ4n) is 3.91. The van der Waals surface area contributed by atoms with Crippen molar-refractivity contribution in [2.24, 2.45) is 0 Å². The number of anilines is 2. The van der Waals surface area contributed by atoms with Gasteiger partial charge in [-0.3, -0.25) is 24.4 Å². The van der Waals surface area contributed by atoms with E-state index in [2.05, 4.69) is 25.6 Å². The molecule has 186 valence electrons. The quantitative estimate of drug-likeness (QED) is 0.387. The minimum absolute atomic E-state index is 0.135. The van der Waals surface area contributed by atoms with E-state index >= 15 is 0 Å². The molecular formula is C26H22N6O4S. The summed E-state index contributed by atoms with van der Waals surface area (Å²) in [5.74, 6) is -0.0234. The number of methoxy groups -OCH3 is 1. The highest BCUT2D eigenvalue weighted by Gasteiger charge is 2.36. The Bertz CT molecular complexity index is 1420. The lowest BCUT2D eigenvalue weighted by Gasteiger charge is -2.28. The van der Waals surface area contributed by atoms with E-state index in [1.807, 2.05) is 12.1 Å². The summed E-state index contributed by atoms with van der Waals surface area (Å²) in [5.41, 5.74) is 2.06. The largest absolute Gasteiger partial charge is 0.495 e. The molecule has 0 saturated carbocycles. The van der Waals surface area contributed by atoms with Gasteiger partial charge >= 0.3 is 0 Å². The van der Waals surface area contributed by atoms with E-state index in [-0.39, 0.29) is 30.5 Å². The van der Waals surface area contributed by atoms with Crippen LogP contribution in [0.4, 0.5) is 11.5 Å². The number of amides is 3. The molecule has 37 heavy (non-hydrogen) atoms. The zero-order valence-corrected chi connectivity index (χ0v) is 20.6. The maximum atomic E-state index is 13.5. The first kappa shape index (κ1) is 24.1. The van der Waals surface area contributed by atoms with Gasteiger partial charge in [0.05, 0.1) is 19.0 Å². The van der Waals surface area contributed by atoms with E-state index < -0.39 is 11.9 Å². The standard InChI is InChI=1S/C26H22N6O4S/c1-36-18-6-8-22(29-14-18)31-24(33)20-7-5-16(13-28-20)15-32-21(12-17-4-2-3-10-27-17)25(34)30-19-9-11-37-23(19)26(32)35/h2-11,13-14,21H,12,15H2,1H3,(H,30,34)(H,29,31,33). The Balaban J connectivity index is 1.35. The second-order valence-electron chi connectivity index (χ2n) is 8.22. The van der Waals surface area contributed by atoms with Gasteiger partial charge in [0, 0.05) is 31.1 Å². The number of carbonyl (C=O) groups is 3. The summed E-state index contributed by atoms with van der Waals surface area (Å²) in [4.78, 5) is 54.0. The average Bonchev–Trinajstić information content (AvgIpc) is 3.36. The van der Waals surface area contributed by atoms with Gasteiger partial charge in [0.2, 0.25) is 5.91 Å². The molecule has 4 aromatic heterocycles. The molecule has 0 aromatic carbocycles. The molecule has 5 rings (SSSR count). The first-order valence-corrected chi connectivity index (χ1v) is 12.3. The Morgan fingerprint density at radius 2 is 1.97 bits per heavy atom. The fourth-order valence-corrected chi connectivity index (χ4v) is 4.71. The Labute approximate surface area is 216 Å². The molecule has 0 spiro atoms. The second-order valence-corrected chi connectivity index (χ2v) is 9.13. The highest BCUT2D eigenvalue weighted by molar-refractivity contribution is 7.12. The van der Waals surface area contributed by atoms with Crippen molar-refractivity contribution in [2.45, 2.75) is 19.0 Å². The van der Waals surface area contributed by atoms with Gasteiger partial charge in [-0.25, -0.2) is 4.98 Å². The van der Waals surface area contributed by atoms with Gasteiger partial charge in [0.25, 0.3) is 11.8 Å². The highest BCUT2D eigenvalue weighted by Crippen LogP contribution is 2.30. The smallest absolute Gasteiger partial charge is 0.275 e. The molecule has 1 aliphatic rings. The summed E-state index contributed by atoms with van der Waals surface area (Å²) in [6, 6.07) is 13.0. The third-order valence-electron chi connectivity index (χ3n) is 5.81. The lowest BCUT2D eigenvalue weighted by Crippen LogP contribution is -2.46. The van der Waals surface area contributed by atoms with Gasteiger partial charge in [0.1, 0.15) is 28.2 Å². The van der Waals surface area contributed by atoms with Crippen molar-refractivity contribution in [3.05, 3.63) is 94.3 Å². The lowest BCUT2D eigenvalue weighted by atomic mass is 10.1. The molecule has 0 radical (unpaired) electrons. The number of hydrogen-bond acceptors (Lipinski definition) is 8. The van der Waals surface area contributed by atoms with E-state index in [1.165, 1.54) is 35.7 Å². The molecule has 0 bridgehead atoms. The van der Waals surface area contributed by atoms with Crippen LogP contribution in [0.2, 0.25) is 0 Å². The molecule has 3 amide bonds. The summed E-state index contributed by atoms with van der Waals surface area (Å²) >= 11 is 1.28. The number of aromatic nitrogens is 3. The number of pyridine rings is 3. The number of thiophene rings is 1. The molecule has 0 fully saturated rings. The van der Waals surface area contributed by atoms with Crippen LogP contribution in [0.1, 0.15) is 31.4 Å². The molecule has 2 N–H and O–H groups in total. The van der Waals surface area contributed by atoms with E-state index in [0.717, 1.165) is 0 Å². The summed E-state index contributed by atoms with van der Waals surface area (Å²) in [6.45, 7) is 0.135. The normalized spacial score (nSPS) is 14.9. The van der Waals surface area contributed by atoms with Crippen molar-refractivity contribution in [3.8, 4) is 5.75 Å². The minimum Gasteiger partial charge on any atom is -0.495 e. The molecular weight excluding hydrogens is 492 g/mol. The SMILES string of the molecule is COc1ccc(NC(=O)c2ccc(CN3C(=O)c4sccc4NC(=O)C3Cc3ccccn3)cn2)nc1. The number of carbonyl (C=O) groups excluding carboxylic acids is 3. The van der Waals surface area contributed by atoms with Crippen LogP contribution in [-0.4, -0.2) is 50.7 Å². The van der Waals surface area contributed by atoms with Crippen LogP contribution < -0.4 is 15.4 Å². The predicted octanol–water partition coefficient (Wildman–Crippen LogP) is 3.40. The van der Waals surface area contributed by atoms with Gasteiger partial charge in [-0.1, -0.05) is 12.1 Å². The van der Waals surface area contributed by atoms with Crippen molar-refractivity contribution in [1.82, 2.24) is 19.9 Å². The fraction of sp³-hybridized carbons (Fsp3) is 0.154. The second kappa shape index (κ2) is 10.5. The van der Waals surface area contributed by atoms with E-state index in [0.29, 0.717) is 33.4 Å². The molecule has 0 saturated heterocycles. The topological polar surface area (TPSA) is 126 Å². The van der Waals surface area contributed by atoms with Gasteiger partial charge in [-0.15, -0.1) is 11.3 Å². The third-order valence-corrected chi connectivity index (χ3v) is 6.71. The van der Waals surface area contributed by atoms with Crippen LogP contribution in [0.15, 0.2) is 72.5 Å². The predicted molar refractivity (Wildman–Crippen MR) is 138 cm³/mol. The van der Waals surface area contributed by atoms with E-state index in [1.54, 1.807) is 48.0 Å². The Morgan fingerprint density at radius 1 is 1.08 bits per heavy atom. The number of nitrogens with zero attached hydrogens (tertiary/aromatic N) is 4. The van der Waals surface area contributed by atoms with Crippen molar-refractivity contribution in [3.63, 3.8) is 0 Å². The van der Waals surface area contributed by atoms with Crippen LogP contribution >= 0.6 is 11.3 Å². The number of fused-ring (bicyclic) bond motifs is 1. The third kappa shape index (κ3) is 5.31. The van der Waals surface area contributed by atoms with E-state index in [9.17, 15) is 14.4 Å². The summed E-state index contributed by atoms with van der Waals surface area (Å²) in [6.07, 6.45) is 4.94. The molecule has 1 aliphatic heterocycles. The van der Waals surface area contributed by atoms with Crippen LogP contribution in [0, 0.1) is 0 Å². The first-order chi connectivity index (χ1) is 18.0. The molecule has 10 nitrogen and oxygen atoms in total. The molecule has 0 aliphatic carbocycles. The van der Waals surface area contributed by atoms with Gasteiger partial charge in [-0.2, -0.15) is 0 Å². The summed E-state index contributed by atoms with van der Waals surface area (Å²) in [5, 5.41) is 7.33. The number of nitrogens with one attached hydrogen (secondary N) is 2. The minimum atomic E-state index is -0.772. The maximum absolute atomic E-state index is 13.5. The first-order valence-electron chi connectivity index (χ1n) is 11.4. The summed E-state index contributed by atoms with van der Waals surface area (Å²) in [7, 11) is 1.53. The number of rotatable bonds is 7. The Kier molecular flexibility index (Phi) is 6.86. The van der Waals surface area contributed by atoms with Crippen molar-refractivity contribution < 1.29 is 19.1 Å². The van der Waals surface area contributed by atoms with E-state index in [4.69, 9.17) is 4.74 Å². The Morgan fingerprint density at radius 3 is 2.68 bits per heavy atom. The molecule has 4 aromatic rings. The Hall–Kier alpha value is -4.64. The zero-order chi connectivity index (χ0) is 25.8. The molecule has 1 unspecified atom stereocenters. The average molecular weight is 515 g/mol. The zero-order valence-electron chi connectivity index (χ0n) is 19.7. The molecule has 1 atom stereocenters. The van der Waals surface area contributed by atoms with Crippen LogP contribution in [0.25, 0.3) is 0 Å². The lowest BCUT2D eigenvalue weighted by molar-refractivity contribution is -0.120. The van der Waals surface area contributed by atoms with Crippen molar-refractivity contribution in [2.75, 3.05) is 17.7 Å². The van der Waals surface area contributed by atoms with Gasteiger partial charge in [-0.05, 0) is 47.3 Å². The molecule has 11 heteroatoms. The monoisotopic (exact) mass is 514 g/mol. The summed E-state index contributed by atoms with van der Waals surface area (Å²) < 4.78 is 5.07. The highest BCUT2D eigenvalue weighted by atomic mass is 32.1. The van der Waals surface area contributed by atoms with Crippen LogP contribution in [0.3, 0.4) is 0 Å². The number of ether oxygens (including phenoxy) is 1. The van der Waals surface area contributed by atoms with Gasteiger partial charge < -0.3 is 20.3 Å². The maximum Gasteiger partial charge on any atom is 0.275 e. The number of hydrogen-bond donors (Lipinski definition) is 2. The van der Waals surface area contributed by atoms with Crippen molar-refractivity contribution >= 4 is 40.6 Å². The molecule has 5 heterocycles. The van der Waals surface area contributed by atoms with Crippen LogP contribution in [0.5, 0.6) is 5.75 Å². The van der Waals surface area contributed by atoms with Crippen LogP contribution in [-0.2, 0) is 17.8 Å².